The molecule has 0 spiro atoms. The van der Waals surface area contributed by atoms with Gasteiger partial charge in [0.25, 0.3) is 0 Å². The molecule has 0 radical (unpaired) electrons. The number of aromatic nitrogens is 1. The van der Waals surface area contributed by atoms with Crippen molar-refractivity contribution in [3.05, 3.63) is 10.6 Å². The molecule has 1 saturated heterocycles. The van der Waals surface area contributed by atoms with Crippen LogP contribution in [0.3, 0.4) is 0 Å². The zero-order valence-corrected chi connectivity index (χ0v) is 18.7. The van der Waals surface area contributed by atoms with Crippen molar-refractivity contribution in [2.75, 3.05) is 25.0 Å². The van der Waals surface area contributed by atoms with Gasteiger partial charge in [-0.05, 0) is 46.1 Å². The van der Waals surface area contributed by atoms with Crippen LogP contribution in [0.4, 0.5) is 5.13 Å². The van der Waals surface area contributed by atoms with Crippen molar-refractivity contribution in [1.29, 1.82) is 0 Å². The average molecular weight is 409 g/mol. The number of nitrogens with zero attached hydrogens (tertiary/aromatic N) is 2. The van der Waals surface area contributed by atoms with Gasteiger partial charge in [0.05, 0.1) is 18.2 Å². The largest absolute Gasteiger partial charge is 0.353 e. The highest BCUT2D eigenvalue weighted by atomic mass is 32.1. The van der Waals surface area contributed by atoms with Crippen LogP contribution < -0.4 is 10.6 Å². The highest BCUT2D eigenvalue weighted by Crippen LogP contribution is 2.22. The molecular weight excluding hydrogens is 372 g/mol. The third-order valence-electron chi connectivity index (χ3n) is 5.51. The molecule has 2 amide bonds. The average Bonchev–Trinajstić information content (AvgIpc) is 2.97. The molecule has 0 aliphatic carbocycles. The molecule has 6 nitrogen and oxygen atoms in total. The van der Waals surface area contributed by atoms with Gasteiger partial charge in [0.15, 0.2) is 5.13 Å². The number of piperidine rings is 1. The minimum absolute atomic E-state index is 0.0221. The zero-order chi connectivity index (χ0) is 20.5. The highest BCUT2D eigenvalue weighted by Gasteiger charge is 2.28. The molecule has 2 heterocycles. The van der Waals surface area contributed by atoms with Crippen LogP contribution in [0.25, 0.3) is 0 Å². The summed E-state index contributed by atoms with van der Waals surface area (Å²) in [6, 6.07) is 0.272. The first-order valence-electron chi connectivity index (χ1n) is 10.7. The summed E-state index contributed by atoms with van der Waals surface area (Å²) in [5.74, 6) is 0.0755. The summed E-state index contributed by atoms with van der Waals surface area (Å²) in [5.41, 5.74) is 0.958. The number of nitrogens with one attached hydrogen (secondary N) is 2. The Morgan fingerprint density at radius 2 is 2.07 bits per heavy atom. The number of thiazole rings is 1. The molecule has 0 bridgehead atoms. The second-order valence-electron chi connectivity index (χ2n) is 7.89. The van der Waals surface area contributed by atoms with Crippen LogP contribution in [-0.4, -0.2) is 47.4 Å². The number of hydrogen-bond acceptors (Lipinski definition) is 5. The first kappa shape index (κ1) is 22.8. The summed E-state index contributed by atoms with van der Waals surface area (Å²) in [6.45, 7) is 10.1. The number of rotatable bonds is 10. The van der Waals surface area contributed by atoms with Gasteiger partial charge in [0.1, 0.15) is 0 Å². The third-order valence-corrected chi connectivity index (χ3v) is 6.50. The van der Waals surface area contributed by atoms with Crippen LogP contribution in [0.1, 0.15) is 69.4 Å². The Bertz CT molecular complexity index is 627. The van der Waals surface area contributed by atoms with Crippen LogP contribution >= 0.6 is 11.3 Å². The minimum atomic E-state index is -0.0548. The fourth-order valence-corrected chi connectivity index (χ4v) is 4.47. The van der Waals surface area contributed by atoms with Gasteiger partial charge in [-0.3, -0.25) is 14.5 Å². The molecule has 2 atom stereocenters. The van der Waals surface area contributed by atoms with E-state index in [1.54, 1.807) is 0 Å². The number of hydrogen-bond donors (Lipinski definition) is 2. The maximum Gasteiger partial charge on any atom is 0.240 e. The molecule has 2 N–H and O–H groups in total. The molecule has 0 saturated carbocycles. The number of aryl methyl sites for hydroxylation is 2. The molecule has 0 aromatic carbocycles. The van der Waals surface area contributed by atoms with E-state index in [4.69, 9.17) is 0 Å². The quantitative estimate of drug-likeness (QED) is 0.576. The van der Waals surface area contributed by atoms with E-state index in [2.05, 4.69) is 34.4 Å². The van der Waals surface area contributed by atoms with E-state index in [-0.39, 0.29) is 23.8 Å². The maximum atomic E-state index is 12.7. The predicted octanol–water partition coefficient (Wildman–Crippen LogP) is 3.89. The maximum absolute atomic E-state index is 12.7. The van der Waals surface area contributed by atoms with E-state index in [1.807, 2.05) is 13.8 Å². The van der Waals surface area contributed by atoms with Crippen molar-refractivity contribution in [2.45, 2.75) is 78.7 Å². The van der Waals surface area contributed by atoms with E-state index in [1.165, 1.54) is 30.6 Å². The lowest BCUT2D eigenvalue weighted by atomic mass is 9.96. The molecule has 1 aromatic heterocycles. The zero-order valence-electron chi connectivity index (χ0n) is 17.8. The summed E-state index contributed by atoms with van der Waals surface area (Å²) in [4.78, 5) is 32.7. The summed E-state index contributed by atoms with van der Waals surface area (Å²) in [7, 11) is 0. The molecule has 1 aliphatic heterocycles. The van der Waals surface area contributed by atoms with Gasteiger partial charge in [0.2, 0.25) is 11.8 Å². The molecule has 2 rings (SSSR count). The lowest BCUT2D eigenvalue weighted by Crippen LogP contribution is -2.47. The van der Waals surface area contributed by atoms with Gasteiger partial charge >= 0.3 is 0 Å². The van der Waals surface area contributed by atoms with Gasteiger partial charge < -0.3 is 10.6 Å². The monoisotopic (exact) mass is 408 g/mol. The molecule has 158 valence electrons. The molecule has 1 fully saturated rings. The van der Waals surface area contributed by atoms with Crippen molar-refractivity contribution in [1.82, 2.24) is 15.2 Å². The van der Waals surface area contributed by atoms with Crippen molar-refractivity contribution in [3.8, 4) is 0 Å². The number of anilines is 1. The molecular formula is C21H36N4O2S. The van der Waals surface area contributed by atoms with Crippen molar-refractivity contribution in [3.63, 3.8) is 0 Å². The second-order valence-corrected chi connectivity index (χ2v) is 9.10. The summed E-state index contributed by atoms with van der Waals surface area (Å²) in [6.07, 6.45) is 7.47. The predicted molar refractivity (Wildman–Crippen MR) is 116 cm³/mol. The highest BCUT2D eigenvalue weighted by molar-refractivity contribution is 7.15. The van der Waals surface area contributed by atoms with Crippen molar-refractivity contribution < 1.29 is 9.59 Å². The summed E-state index contributed by atoms with van der Waals surface area (Å²) >= 11 is 1.50. The topological polar surface area (TPSA) is 74.3 Å². The van der Waals surface area contributed by atoms with Crippen LogP contribution in [-0.2, 0) is 9.59 Å². The van der Waals surface area contributed by atoms with Crippen LogP contribution in [0.2, 0.25) is 0 Å². The van der Waals surface area contributed by atoms with Crippen LogP contribution in [0, 0.1) is 19.8 Å². The van der Waals surface area contributed by atoms with Gasteiger partial charge in [-0.1, -0.05) is 33.1 Å². The van der Waals surface area contributed by atoms with E-state index in [9.17, 15) is 9.59 Å². The smallest absolute Gasteiger partial charge is 0.240 e. The Balaban J connectivity index is 1.80. The van der Waals surface area contributed by atoms with E-state index < -0.39 is 0 Å². The Kier molecular flexibility index (Phi) is 9.38. The Labute approximate surface area is 173 Å². The molecule has 28 heavy (non-hydrogen) atoms. The lowest BCUT2D eigenvalue weighted by molar-refractivity contribution is -0.128. The number of amides is 2. The van der Waals surface area contributed by atoms with Gasteiger partial charge in [-0.2, -0.15) is 0 Å². The third kappa shape index (κ3) is 7.17. The van der Waals surface area contributed by atoms with Crippen molar-refractivity contribution in [2.24, 2.45) is 5.92 Å². The first-order valence-corrected chi connectivity index (χ1v) is 11.5. The number of unbranched alkanes of at least 4 members (excludes halogenated alkanes) is 2. The molecule has 1 aliphatic rings. The van der Waals surface area contributed by atoms with Crippen LogP contribution in [0.15, 0.2) is 0 Å². The number of likely N-dealkylation sites (tertiary alicyclic amines) is 1. The summed E-state index contributed by atoms with van der Waals surface area (Å²) < 4.78 is 0. The SMILES string of the molecule is CCCCCC(CC)NC(=O)C1CCCN(CC(=O)Nc2nc(C)c(C)s2)C1. The Morgan fingerprint density at radius 1 is 1.29 bits per heavy atom. The number of carbonyl (C=O) groups excluding carboxylic acids is 2. The standard InChI is InChI=1S/C21H36N4O2S/c1-5-7-8-11-18(6-2)23-20(27)17-10-9-12-25(13-17)14-19(26)24-21-22-15(3)16(4)28-21/h17-18H,5-14H2,1-4H3,(H,23,27)(H,22,24,26). The van der Waals surface area contributed by atoms with E-state index in [0.717, 1.165) is 42.8 Å². The molecule has 1 aromatic rings. The normalized spacial score (nSPS) is 18.6. The van der Waals surface area contributed by atoms with Gasteiger partial charge in [-0.15, -0.1) is 11.3 Å². The first-order chi connectivity index (χ1) is 13.4. The minimum Gasteiger partial charge on any atom is -0.353 e. The van der Waals surface area contributed by atoms with E-state index in [0.29, 0.717) is 18.2 Å². The second kappa shape index (κ2) is 11.5. The molecule has 7 heteroatoms. The van der Waals surface area contributed by atoms with Crippen LogP contribution in [0.5, 0.6) is 0 Å². The lowest BCUT2D eigenvalue weighted by Gasteiger charge is -2.32. The van der Waals surface area contributed by atoms with Crippen molar-refractivity contribution >= 4 is 28.3 Å². The Hall–Kier alpha value is -1.47. The number of carbonyl (C=O) groups is 2. The van der Waals surface area contributed by atoms with Gasteiger partial charge in [-0.25, -0.2) is 4.98 Å². The van der Waals surface area contributed by atoms with E-state index >= 15 is 0 Å². The van der Waals surface area contributed by atoms with Gasteiger partial charge in [0, 0.05) is 17.5 Å². The fraction of sp³-hybridized carbons (Fsp3) is 0.762. The molecule has 2 unspecified atom stereocenters. The fourth-order valence-electron chi connectivity index (χ4n) is 3.64. The Morgan fingerprint density at radius 3 is 2.71 bits per heavy atom. The summed E-state index contributed by atoms with van der Waals surface area (Å²) in [5, 5.41) is 6.79.